The van der Waals surface area contributed by atoms with Crippen molar-refractivity contribution in [1.29, 1.82) is 0 Å². The Morgan fingerprint density at radius 2 is 1.81 bits per heavy atom. The number of methoxy groups -OCH3 is 1. The lowest BCUT2D eigenvalue weighted by molar-refractivity contribution is 0.0636. The molecule has 1 amide bonds. The molecule has 5 heteroatoms. The third kappa shape index (κ3) is 4.23. The van der Waals surface area contributed by atoms with Crippen molar-refractivity contribution >= 4 is 23.1 Å². The molecule has 4 nitrogen and oxygen atoms in total. The lowest BCUT2D eigenvalue weighted by Gasteiger charge is -2.19. The fraction of sp³-hybridized carbons (Fsp3) is 0.312. The molecule has 0 fully saturated rings. The number of amides is 1. The summed E-state index contributed by atoms with van der Waals surface area (Å²) < 4.78 is 10.4. The van der Waals surface area contributed by atoms with Crippen LogP contribution in [0.2, 0.25) is 0 Å². The summed E-state index contributed by atoms with van der Waals surface area (Å²) >= 11 is 1.53. The van der Waals surface area contributed by atoms with Crippen molar-refractivity contribution in [2.75, 3.05) is 12.4 Å². The first-order chi connectivity index (χ1) is 9.89. The van der Waals surface area contributed by atoms with Gasteiger partial charge >= 0.3 is 6.09 Å². The zero-order chi connectivity index (χ0) is 15.5. The number of nitrogens with one attached hydrogen (secondary N) is 1. The highest BCUT2D eigenvalue weighted by molar-refractivity contribution is 7.08. The van der Waals surface area contributed by atoms with Crippen LogP contribution in [0.4, 0.5) is 10.5 Å². The Morgan fingerprint density at radius 3 is 2.38 bits per heavy atom. The Labute approximate surface area is 128 Å². The van der Waals surface area contributed by atoms with E-state index >= 15 is 0 Å². The van der Waals surface area contributed by atoms with Crippen LogP contribution >= 0.6 is 11.3 Å². The number of hydrogen-bond acceptors (Lipinski definition) is 4. The molecule has 1 heterocycles. The lowest BCUT2D eigenvalue weighted by Crippen LogP contribution is -2.27. The second kappa shape index (κ2) is 6.18. The molecule has 0 aliphatic carbocycles. The van der Waals surface area contributed by atoms with Crippen molar-refractivity contribution in [2.24, 2.45) is 0 Å². The molecule has 0 saturated heterocycles. The van der Waals surface area contributed by atoms with Crippen molar-refractivity contribution in [3.8, 4) is 16.9 Å². The van der Waals surface area contributed by atoms with Crippen LogP contribution in [-0.4, -0.2) is 18.8 Å². The number of rotatable bonds is 3. The Hall–Kier alpha value is -2.01. The summed E-state index contributed by atoms with van der Waals surface area (Å²) in [6.07, 6.45) is -0.448. The minimum Gasteiger partial charge on any atom is -0.497 e. The molecular formula is C16H19NO3S. The van der Waals surface area contributed by atoms with E-state index in [1.807, 2.05) is 55.8 Å². The van der Waals surface area contributed by atoms with Crippen molar-refractivity contribution in [2.45, 2.75) is 26.4 Å². The molecule has 1 N–H and O–H groups in total. The second-order valence-electron chi connectivity index (χ2n) is 5.55. The third-order valence-electron chi connectivity index (χ3n) is 2.70. The molecule has 0 atom stereocenters. The van der Waals surface area contributed by atoms with E-state index in [2.05, 4.69) is 5.32 Å². The average Bonchev–Trinajstić information content (AvgIpc) is 2.84. The van der Waals surface area contributed by atoms with Crippen LogP contribution in [0.3, 0.4) is 0 Å². The van der Waals surface area contributed by atoms with Crippen LogP contribution in [0.1, 0.15) is 20.8 Å². The van der Waals surface area contributed by atoms with Gasteiger partial charge in [-0.25, -0.2) is 4.79 Å². The van der Waals surface area contributed by atoms with Gasteiger partial charge in [0.25, 0.3) is 0 Å². The molecular weight excluding hydrogens is 286 g/mol. The highest BCUT2D eigenvalue weighted by Gasteiger charge is 2.17. The summed E-state index contributed by atoms with van der Waals surface area (Å²) in [6.45, 7) is 5.51. The van der Waals surface area contributed by atoms with E-state index in [0.717, 1.165) is 22.6 Å². The minimum absolute atomic E-state index is 0.448. The standard InChI is InChI=1S/C16H19NO3S/c1-16(2,3)20-15(18)17-14-10-21-9-13(14)11-5-7-12(19-4)8-6-11/h5-10H,1-4H3,(H,17,18). The second-order valence-corrected chi connectivity index (χ2v) is 6.30. The molecule has 0 unspecified atom stereocenters. The monoisotopic (exact) mass is 305 g/mol. The zero-order valence-electron chi connectivity index (χ0n) is 12.6. The Bertz CT molecular complexity index is 611. The minimum atomic E-state index is -0.514. The van der Waals surface area contributed by atoms with E-state index in [0.29, 0.717) is 0 Å². The van der Waals surface area contributed by atoms with Crippen LogP contribution < -0.4 is 10.1 Å². The maximum atomic E-state index is 11.9. The van der Waals surface area contributed by atoms with Crippen LogP contribution in [-0.2, 0) is 4.74 Å². The molecule has 112 valence electrons. The summed E-state index contributed by atoms with van der Waals surface area (Å²) in [7, 11) is 1.63. The third-order valence-corrected chi connectivity index (χ3v) is 3.44. The van der Waals surface area contributed by atoms with Crippen molar-refractivity contribution in [3.05, 3.63) is 35.0 Å². The molecule has 2 rings (SSSR count). The molecule has 2 aromatic rings. The maximum absolute atomic E-state index is 11.9. The Kier molecular flexibility index (Phi) is 4.53. The van der Waals surface area contributed by atoms with E-state index in [9.17, 15) is 4.79 Å². The molecule has 0 aliphatic heterocycles. The topological polar surface area (TPSA) is 47.6 Å². The fourth-order valence-electron chi connectivity index (χ4n) is 1.80. The Morgan fingerprint density at radius 1 is 1.14 bits per heavy atom. The molecule has 1 aromatic heterocycles. The summed E-state index contributed by atoms with van der Waals surface area (Å²) in [5.41, 5.74) is 2.22. The first-order valence-corrected chi connectivity index (χ1v) is 7.54. The molecule has 0 bridgehead atoms. The van der Waals surface area contributed by atoms with Gasteiger partial charge in [-0.05, 0) is 38.5 Å². The summed E-state index contributed by atoms with van der Waals surface area (Å²) in [5.74, 6) is 0.802. The van der Waals surface area contributed by atoms with Gasteiger partial charge in [-0.15, -0.1) is 11.3 Å². The zero-order valence-corrected chi connectivity index (χ0v) is 13.4. The van der Waals surface area contributed by atoms with Crippen molar-refractivity contribution in [3.63, 3.8) is 0 Å². The fourth-order valence-corrected chi connectivity index (χ4v) is 2.59. The molecule has 0 aliphatic rings. The number of anilines is 1. The summed E-state index contributed by atoms with van der Waals surface area (Å²) in [6, 6.07) is 7.71. The SMILES string of the molecule is COc1ccc(-c2cscc2NC(=O)OC(C)(C)C)cc1. The van der Waals surface area contributed by atoms with Gasteiger partial charge < -0.3 is 9.47 Å². The van der Waals surface area contributed by atoms with Gasteiger partial charge in [0.05, 0.1) is 12.8 Å². The van der Waals surface area contributed by atoms with Gasteiger partial charge in [0, 0.05) is 16.3 Å². The van der Waals surface area contributed by atoms with E-state index in [4.69, 9.17) is 9.47 Å². The Balaban J connectivity index is 2.16. The van der Waals surface area contributed by atoms with Gasteiger partial charge in [0.15, 0.2) is 0 Å². The van der Waals surface area contributed by atoms with E-state index in [1.54, 1.807) is 7.11 Å². The number of carbonyl (C=O) groups is 1. The highest BCUT2D eigenvalue weighted by Crippen LogP contribution is 2.33. The number of thiophene rings is 1. The number of benzene rings is 1. The first kappa shape index (κ1) is 15.4. The quantitative estimate of drug-likeness (QED) is 0.888. The van der Waals surface area contributed by atoms with Gasteiger partial charge in [0.2, 0.25) is 0 Å². The normalized spacial score (nSPS) is 11.0. The molecule has 0 radical (unpaired) electrons. The molecule has 0 spiro atoms. The average molecular weight is 305 g/mol. The van der Waals surface area contributed by atoms with Gasteiger partial charge in [0.1, 0.15) is 11.4 Å². The first-order valence-electron chi connectivity index (χ1n) is 6.59. The molecule has 1 aromatic carbocycles. The number of carbonyl (C=O) groups excluding carboxylic acids is 1. The highest BCUT2D eigenvalue weighted by atomic mass is 32.1. The van der Waals surface area contributed by atoms with Crippen molar-refractivity contribution < 1.29 is 14.3 Å². The summed E-state index contributed by atoms with van der Waals surface area (Å²) in [5, 5.41) is 6.68. The van der Waals surface area contributed by atoms with Crippen molar-refractivity contribution in [1.82, 2.24) is 0 Å². The van der Waals surface area contributed by atoms with E-state index < -0.39 is 11.7 Å². The number of ether oxygens (including phenoxy) is 2. The predicted molar refractivity (Wildman–Crippen MR) is 86.2 cm³/mol. The van der Waals surface area contributed by atoms with Crippen LogP contribution in [0.5, 0.6) is 5.75 Å². The smallest absolute Gasteiger partial charge is 0.412 e. The van der Waals surface area contributed by atoms with E-state index in [-0.39, 0.29) is 0 Å². The van der Waals surface area contributed by atoms with E-state index in [1.165, 1.54) is 11.3 Å². The number of hydrogen-bond donors (Lipinski definition) is 1. The largest absolute Gasteiger partial charge is 0.497 e. The maximum Gasteiger partial charge on any atom is 0.412 e. The van der Waals surface area contributed by atoms with Gasteiger partial charge in [-0.3, -0.25) is 5.32 Å². The summed E-state index contributed by atoms with van der Waals surface area (Å²) in [4.78, 5) is 11.9. The molecule has 0 saturated carbocycles. The lowest BCUT2D eigenvalue weighted by atomic mass is 10.1. The van der Waals surface area contributed by atoms with Crippen LogP contribution in [0.15, 0.2) is 35.0 Å². The van der Waals surface area contributed by atoms with Crippen LogP contribution in [0, 0.1) is 0 Å². The van der Waals surface area contributed by atoms with Gasteiger partial charge in [-0.1, -0.05) is 12.1 Å². The van der Waals surface area contributed by atoms with Gasteiger partial charge in [-0.2, -0.15) is 0 Å². The predicted octanol–water partition coefficient (Wildman–Crippen LogP) is 4.77. The molecule has 21 heavy (non-hydrogen) atoms. The van der Waals surface area contributed by atoms with Crippen LogP contribution in [0.25, 0.3) is 11.1 Å².